The van der Waals surface area contributed by atoms with Gasteiger partial charge in [0.05, 0.1) is 0 Å². The SMILES string of the molecule is Cc1ccc(N(C)c2ccc(C(N)=NO)cc2)nc1. The first-order valence-corrected chi connectivity index (χ1v) is 5.86. The Morgan fingerprint density at radius 3 is 2.42 bits per heavy atom. The first kappa shape index (κ1) is 12.9. The summed E-state index contributed by atoms with van der Waals surface area (Å²) >= 11 is 0. The molecule has 19 heavy (non-hydrogen) atoms. The average Bonchev–Trinajstić information content (AvgIpc) is 2.46. The summed E-state index contributed by atoms with van der Waals surface area (Å²) in [6.07, 6.45) is 1.83. The molecule has 5 heteroatoms. The van der Waals surface area contributed by atoms with Gasteiger partial charge in [-0.2, -0.15) is 0 Å². The van der Waals surface area contributed by atoms with Crippen molar-refractivity contribution in [3.63, 3.8) is 0 Å². The van der Waals surface area contributed by atoms with Crippen LogP contribution in [0, 0.1) is 6.92 Å². The standard InChI is InChI=1S/C14H16N4O/c1-10-3-8-13(16-9-10)18(2)12-6-4-11(5-7-12)14(15)17-19/h3-9,19H,1-2H3,(H2,15,17). The minimum absolute atomic E-state index is 0.0997. The predicted octanol–water partition coefficient (Wildman–Crippen LogP) is 2.25. The molecule has 2 rings (SSSR count). The van der Waals surface area contributed by atoms with E-state index in [2.05, 4.69) is 10.1 Å². The molecule has 2 aromatic rings. The summed E-state index contributed by atoms with van der Waals surface area (Å²) in [5.41, 5.74) is 8.30. The number of pyridine rings is 1. The molecule has 0 unspecified atom stereocenters. The molecular weight excluding hydrogens is 240 g/mol. The monoisotopic (exact) mass is 256 g/mol. The second kappa shape index (κ2) is 5.39. The lowest BCUT2D eigenvalue weighted by atomic mass is 10.2. The van der Waals surface area contributed by atoms with Crippen LogP contribution in [0.5, 0.6) is 0 Å². The summed E-state index contributed by atoms with van der Waals surface area (Å²) in [5.74, 6) is 0.963. The first-order chi connectivity index (χ1) is 9.11. The van der Waals surface area contributed by atoms with Gasteiger partial charge in [-0.3, -0.25) is 0 Å². The molecule has 3 N–H and O–H groups in total. The first-order valence-electron chi connectivity index (χ1n) is 5.86. The zero-order valence-electron chi connectivity index (χ0n) is 10.9. The minimum Gasteiger partial charge on any atom is -0.409 e. The van der Waals surface area contributed by atoms with Crippen LogP contribution in [0.3, 0.4) is 0 Å². The number of aryl methyl sites for hydroxylation is 1. The number of hydrogen-bond donors (Lipinski definition) is 2. The van der Waals surface area contributed by atoms with E-state index in [0.29, 0.717) is 5.56 Å². The molecule has 1 aromatic carbocycles. The van der Waals surface area contributed by atoms with E-state index >= 15 is 0 Å². The zero-order chi connectivity index (χ0) is 13.8. The lowest BCUT2D eigenvalue weighted by Crippen LogP contribution is -2.14. The topological polar surface area (TPSA) is 74.7 Å². The normalized spacial score (nSPS) is 11.4. The summed E-state index contributed by atoms with van der Waals surface area (Å²) in [6, 6.07) is 11.4. The van der Waals surface area contributed by atoms with E-state index in [4.69, 9.17) is 10.9 Å². The van der Waals surface area contributed by atoms with Crippen molar-refractivity contribution >= 4 is 17.3 Å². The van der Waals surface area contributed by atoms with Crippen molar-refractivity contribution in [3.8, 4) is 0 Å². The molecule has 1 heterocycles. The molecule has 0 aliphatic rings. The highest BCUT2D eigenvalue weighted by molar-refractivity contribution is 5.97. The maximum Gasteiger partial charge on any atom is 0.170 e. The Hall–Kier alpha value is -2.56. The van der Waals surface area contributed by atoms with Crippen molar-refractivity contribution in [1.29, 1.82) is 0 Å². The Morgan fingerprint density at radius 1 is 1.21 bits per heavy atom. The molecule has 0 amide bonds. The number of benzene rings is 1. The zero-order valence-corrected chi connectivity index (χ0v) is 10.9. The number of rotatable bonds is 3. The highest BCUT2D eigenvalue weighted by Gasteiger charge is 2.06. The summed E-state index contributed by atoms with van der Waals surface area (Å²) in [5, 5.41) is 11.6. The smallest absolute Gasteiger partial charge is 0.170 e. The van der Waals surface area contributed by atoms with E-state index in [0.717, 1.165) is 17.1 Å². The third kappa shape index (κ3) is 2.82. The van der Waals surface area contributed by atoms with Crippen molar-refractivity contribution in [2.24, 2.45) is 10.9 Å². The van der Waals surface area contributed by atoms with Gasteiger partial charge in [0, 0.05) is 24.5 Å². The van der Waals surface area contributed by atoms with Crippen LogP contribution in [0.15, 0.2) is 47.8 Å². The molecular formula is C14H16N4O. The van der Waals surface area contributed by atoms with Crippen LogP contribution < -0.4 is 10.6 Å². The maximum atomic E-state index is 8.61. The Bertz CT molecular complexity index is 575. The van der Waals surface area contributed by atoms with Gasteiger partial charge in [-0.05, 0) is 42.8 Å². The Morgan fingerprint density at radius 2 is 1.89 bits per heavy atom. The number of nitrogens with two attached hydrogens (primary N) is 1. The van der Waals surface area contributed by atoms with Gasteiger partial charge in [0.2, 0.25) is 0 Å². The maximum absolute atomic E-state index is 8.61. The third-order valence-corrected chi connectivity index (χ3v) is 2.90. The summed E-state index contributed by atoms with van der Waals surface area (Å²) in [4.78, 5) is 6.33. The van der Waals surface area contributed by atoms with Crippen LogP contribution in [0.2, 0.25) is 0 Å². The largest absolute Gasteiger partial charge is 0.409 e. The predicted molar refractivity (Wildman–Crippen MR) is 76.0 cm³/mol. The third-order valence-electron chi connectivity index (χ3n) is 2.90. The number of anilines is 2. The van der Waals surface area contributed by atoms with Gasteiger partial charge in [-0.25, -0.2) is 4.98 Å². The fourth-order valence-corrected chi connectivity index (χ4v) is 1.70. The molecule has 0 saturated carbocycles. The minimum atomic E-state index is 0.0997. The molecule has 0 aliphatic heterocycles. The van der Waals surface area contributed by atoms with E-state index < -0.39 is 0 Å². The van der Waals surface area contributed by atoms with Crippen molar-refractivity contribution in [2.75, 3.05) is 11.9 Å². The van der Waals surface area contributed by atoms with Gasteiger partial charge in [-0.1, -0.05) is 11.2 Å². The molecule has 0 bridgehead atoms. The van der Waals surface area contributed by atoms with Gasteiger partial charge >= 0.3 is 0 Å². The van der Waals surface area contributed by atoms with Crippen LogP contribution in [-0.2, 0) is 0 Å². The van der Waals surface area contributed by atoms with Crippen molar-refractivity contribution in [2.45, 2.75) is 6.92 Å². The fraction of sp³-hybridized carbons (Fsp3) is 0.143. The molecule has 0 saturated heterocycles. The van der Waals surface area contributed by atoms with Crippen LogP contribution >= 0.6 is 0 Å². The molecule has 0 fully saturated rings. The molecule has 98 valence electrons. The lowest BCUT2D eigenvalue weighted by Gasteiger charge is -2.18. The van der Waals surface area contributed by atoms with Gasteiger partial charge < -0.3 is 15.8 Å². The second-order valence-corrected chi connectivity index (χ2v) is 4.28. The van der Waals surface area contributed by atoms with Crippen molar-refractivity contribution in [3.05, 3.63) is 53.7 Å². The molecule has 0 aliphatic carbocycles. The summed E-state index contributed by atoms with van der Waals surface area (Å²) < 4.78 is 0. The average molecular weight is 256 g/mol. The van der Waals surface area contributed by atoms with Crippen LogP contribution in [0.4, 0.5) is 11.5 Å². The quantitative estimate of drug-likeness (QED) is 0.382. The number of nitrogens with zero attached hydrogens (tertiary/aromatic N) is 3. The lowest BCUT2D eigenvalue weighted by molar-refractivity contribution is 0.318. The Labute approximate surface area is 112 Å². The van der Waals surface area contributed by atoms with E-state index in [1.165, 1.54) is 0 Å². The number of hydrogen-bond acceptors (Lipinski definition) is 4. The molecule has 0 spiro atoms. The van der Waals surface area contributed by atoms with E-state index in [1.807, 2.05) is 49.3 Å². The van der Waals surface area contributed by atoms with Crippen molar-refractivity contribution in [1.82, 2.24) is 4.98 Å². The van der Waals surface area contributed by atoms with Gasteiger partial charge in [-0.15, -0.1) is 0 Å². The second-order valence-electron chi connectivity index (χ2n) is 4.28. The van der Waals surface area contributed by atoms with Gasteiger partial charge in [0.15, 0.2) is 5.84 Å². The highest BCUT2D eigenvalue weighted by Crippen LogP contribution is 2.21. The molecule has 0 radical (unpaired) electrons. The van der Waals surface area contributed by atoms with Crippen LogP contribution in [0.1, 0.15) is 11.1 Å². The van der Waals surface area contributed by atoms with Crippen LogP contribution in [0.25, 0.3) is 0 Å². The van der Waals surface area contributed by atoms with Crippen molar-refractivity contribution < 1.29 is 5.21 Å². The summed E-state index contributed by atoms with van der Waals surface area (Å²) in [7, 11) is 1.94. The molecule has 5 nitrogen and oxygen atoms in total. The van der Waals surface area contributed by atoms with Gasteiger partial charge in [0.25, 0.3) is 0 Å². The molecule has 0 atom stereocenters. The van der Waals surface area contributed by atoms with E-state index in [1.54, 1.807) is 12.1 Å². The Balaban J connectivity index is 2.24. The summed E-state index contributed by atoms with van der Waals surface area (Å²) in [6.45, 7) is 2.00. The van der Waals surface area contributed by atoms with E-state index in [9.17, 15) is 0 Å². The Kier molecular flexibility index (Phi) is 3.66. The highest BCUT2D eigenvalue weighted by atomic mass is 16.4. The van der Waals surface area contributed by atoms with E-state index in [-0.39, 0.29) is 5.84 Å². The number of aromatic nitrogens is 1. The van der Waals surface area contributed by atoms with Crippen LogP contribution in [-0.4, -0.2) is 23.1 Å². The number of oxime groups is 1. The molecule has 1 aromatic heterocycles. The van der Waals surface area contributed by atoms with Gasteiger partial charge in [0.1, 0.15) is 5.82 Å². The fourth-order valence-electron chi connectivity index (χ4n) is 1.70. The number of amidine groups is 1.